The Morgan fingerprint density at radius 1 is 1.44 bits per heavy atom. The smallest absolute Gasteiger partial charge is 0.331 e. The number of unbranched alkanes of at least 4 members (excludes halogenated alkanes) is 1. The SMILES string of the molecule is CCCCC(=O)N1CSCC1C(=O)Nc1cnn(C(C)(C)C(=O)O)c1. The number of thioether (sulfide) groups is 1. The third-order valence-corrected chi connectivity index (χ3v) is 5.21. The van der Waals surface area contributed by atoms with E-state index in [1.165, 1.54) is 30.9 Å². The Bertz CT molecular complexity index is 658. The molecule has 1 atom stereocenters. The predicted molar refractivity (Wildman–Crippen MR) is 95.3 cm³/mol. The van der Waals surface area contributed by atoms with E-state index in [1.807, 2.05) is 6.92 Å². The van der Waals surface area contributed by atoms with Gasteiger partial charge in [-0.3, -0.25) is 14.3 Å². The summed E-state index contributed by atoms with van der Waals surface area (Å²) in [5.41, 5.74) is -0.800. The van der Waals surface area contributed by atoms with E-state index in [-0.39, 0.29) is 11.8 Å². The molecule has 1 fully saturated rings. The van der Waals surface area contributed by atoms with Gasteiger partial charge in [-0.05, 0) is 20.3 Å². The van der Waals surface area contributed by atoms with Crippen molar-refractivity contribution in [3.05, 3.63) is 12.4 Å². The minimum Gasteiger partial charge on any atom is -0.479 e. The van der Waals surface area contributed by atoms with Gasteiger partial charge >= 0.3 is 5.97 Å². The van der Waals surface area contributed by atoms with Gasteiger partial charge in [0.15, 0.2) is 5.54 Å². The molecule has 8 nitrogen and oxygen atoms in total. The Hall–Kier alpha value is -2.03. The fourth-order valence-electron chi connectivity index (χ4n) is 2.39. The van der Waals surface area contributed by atoms with Crippen molar-refractivity contribution in [1.82, 2.24) is 14.7 Å². The number of aromatic nitrogens is 2. The van der Waals surface area contributed by atoms with E-state index in [0.29, 0.717) is 23.7 Å². The molecule has 2 N–H and O–H groups in total. The Kier molecular flexibility index (Phi) is 6.10. The molecule has 2 rings (SSSR count). The zero-order valence-electron chi connectivity index (χ0n) is 14.7. The van der Waals surface area contributed by atoms with Crippen LogP contribution in [-0.4, -0.2) is 55.2 Å². The largest absolute Gasteiger partial charge is 0.479 e. The van der Waals surface area contributed by atoms with E-state index in [1.54, 1.807) is 16.7 Å². The summed E-state index contributed by atoms with van der Waals surface area (Å²) in [6.45, 7) is 5.07. The zero-order valence-corrected chi connectivity index (χ0v) is 15.5. The summed E-state index contributed by atoms with van der Waals surface area (Å²) >= 11 is 1.55. The molecule has 0 aliphatic carbocycles. The van der Waals surface area contributed by atoms with Crippen LogP contribution in [0.25, 0.3) is 0 Å². The number of carbonyl (C=O) groups excluding carboxylic acids is 2. The number of rotatable bonds is 7. The molecule has 2 amide bonds. The van der Waals surface area contributed by atoms with Gasteiger partial charge in [-0.1, -0.05) is 13.3 Å². The zero-order chi connectivity index (χ0) is 18.6. The highest BCUT2D eigenvalue weighted by atomic mass is 32.2. The number of nitrogens with one attached hydrogen (secondary N) is 1. The summed E-state index contributed by atoms with van der Waals surface area (Å²) < 4.78 is 1.29. The van der Waals surface area contributed by atoms with Crippen LogP contribution < -0.4 is 5.32 Å². The number of hydrogen-bond donors (Lipinski definition) is 2. The molecule has 2 heterocycles. The lowest BCUT2D eigenvalue weighted by Crippen LogP contribution is -2.44. The third-order valence-electron chi connectivity index (χ3n) is 4.20. The molecule has 1 saturated heterocycles. The van der Waals surface area contributed by atoms with Gasteiger partial charge in [0, 0.05) is 18.4 Å². The number of amides is 2. The summed E-state index contributed by atoms with van der Waals surface area (Å²) in [6, 6.07) is -0.509. The van der Waals surface area contributed by atoms with Gasteiger partial charge in [-0.2, -0.15) is 5.10 Å². The van der Waals surface area contributed by atoms with E-state index >= 15 is 0 Å². The molecule has 138 valence electrons. The molecular formula is C16H24N4O4S. The number of carboxylic acid groups (broad SMARTS) is 1. The maximum atomic E-state index is 12.5. The fraction of sp³-hybridized carbons (Fsp3) is 0.625. The molecule has 1 aliphatic heterocycles. The van der Waals surface area contributed by atoms with Crippen molar-refractivity contribution in [2.24, 2.45) is 0 Å². The molecule has 1 unspecified atom stereocenters. The highest BCUT2D eigenvalue weighted by Gasteiger charge is 2.35. The van der Waals surface area contributed by atoms with Crippen LogP contribution in [0, 0.1) is 0 Å². The lowest BCUT2D eigenvalue weighted by Gasteiger charge is -2.23. The quantitative estimate of drug-likeness (QED) is 0.759. The average molecular weight is 368 g/mol. The van der Waals surface area contributed by atoms with Crippen molar-refractivity contribution in [1.29, 1.82) is 0 Å². The summed E-state index contributed by atoms with van der Waals surface area (Å²) in [5.74, 6) is -0.227. The predicted octanol–water partition coefficient (Wildman–Crippen LogP) is 1.73. The molecule has 0 saturated carbocycles. The van der Waals surface area contributed by atoms with Crippen molar-refractivity contribution >= 4 is 35.2 Å². The van der Waals surface area contributed by atoms with Crippen LogP contribution in [0.5, 0.6) is 0 Å². The Morgan fingerprint density at radius 3 is 2.80 bits per heavy atom. The molecule has 0 spiro atoms. The average Bonchev–Trinajstić information content (AvgIpc) is 3.21. The fourth-order valence-corrected chi connectivity index (χ4v) is 3.57. The van der Waals surface area contributed by atoms with E-state index in [9.17, 15) is 19.5 Å². The number of nitrogens with zero attached hydrogens (tertiary/aromatic N) is 3. The van der Waals surface area contributed by atoms with Gasteiger partial charge in [0.25, 0.3) is 0 Å². The van der Waals surface area contributed by atoms with Gasteiger partial charge in [-0.15, -0.1) is 11.8 Å². The van der Waals surface area contributed by atoms with Crippen LogP contribution in [0.3, 0.4) is 0 Å². The van der Waals surface area contributed by atoms with Gasteiger partial charge in [-0.25, -0.2) is 4.79 Å². The van der Waals surface area contributed by atoms with Crippen molar-refractivity contribution < 1.29 is 19.5 Å². The van der Waals surface area contributed by atoms with E-state index in [4.69, 9.17) is 0 Å². The summed E-state index contributed by atoms with van der Waals surface area (Å²) in [6.07, 6.45) is 5.09. The van der Waals surface area contributed by atoms with Crippen LogP contribution in [0.2, 0.25) is 0 Å². The second kappa shape index (κ2) is 7.90. The first-order chi connectivity index (χ1) is 11.8. The van der Waals surface area contributed by atoms with E-state index in [2.05, 4.69) is 10.4 Å². The molecular weight excluding hydrogens is 344 g/mol. The van der Waals surface area contributed by atoms with Crippen LogP contribution in [0.4, 0.5) is 5.69 Å². The Labute approximate surface area is 150 Å². The van der Waals surface area contributed by atoms with Crippen LogP contribution >= 0.6 is 11.8 Å². The molecule has 1 aliphatic rings. The minimum atomic E-state index is -1.21. The maximum absolute atomic E-state index is 12.5. The van der Waals surface area contributed by atoms with Gasteiger partial charge in [0.05, 0.1) is 17.8 Å². The number of carboxylic acids is 1. The van der Waals surface area contributed by atoms with E-state index < -0.39 is 17.6 Å². The standard InChI is InChI=1S/C16H24N4O4S/c1-4-5-6-13(21)19-10-25-9-12(19)14(22)18-11-7-17-20(8-11)16(2,3)15(23)24/h7-8,12H,4-6,9-10H2,1-3H3,(H,18,22)(H,23,24). The minimum absolute atomic E-state index is 0.00490. The van der Waals surface area contributed by atoms with Gasteiger partial charge in [0.2, 0.25) is 11.8 Å². The summed E-state index contributed by atoms with van der Waals surface area (Å²) in [5, 5.41) is 16.0. The lowest BCUT2D eigenvalue weighted by atomic mass is 10.1. The van der Waals surface area contributed by atoms with Crippen molar-refractivity contribution in [3.63, 3.8) is 0 Å². The van der Waals surface area contributed by atoms with Crippen LogP contribution in [0.15, 0.2) is 12.4 Å². The molecule has 0 aromatic carbocycles. The maximum Gasteiger partial charge on any atom is 0.331 e. The number of hydrogen-bond acceptors (Lipinski definition) is 5. The number of aliphatic carboxylic acids is 1. The Balaban J connectivity index is 2.03. The summed E-state index contributed by atoms with van der Waals surface area (Å²) in [4.78, 5) is 37.6. The molecule has 1 aromatic heterocycles. The highest BCUT2D eigenvalue weighted by Crippen LogP contribution is 2.24. The molecule has 25 heavy (non-hydrogen) atoms. The highest BCUT2D eigenvalue weighted by molar-refractivity contribution is 7.99. The van der Waals surface area contributed by atoms with Gasteiger partial charge < -0.3 is 15.3 Å². The molecule has 1 aromatic rings. The normalized spacial score (nSPS) is 17.6. The van der Waals surface area contributed by atoms with Crippen LogP contribution in [0.1, 0.15) is 40.0 Å². The molecule has 0 radical (unpaired) electrons. The molecule has 0 bridgehead atoms. The first-order valence-electron chi connectivity index (χ1n) is 8.24. The van der Waals surface area contributed by atoms with Crippen molar-refractivity contribution in [2.75, 3.05) is 16.9 Å². The van der Waals surface area contributed by atoms with Crippen LogP contribution in [-0.2, 0) is 19.9 Å². The number of carbonyl (C=O) groups is 3. The first kappa shape index (κ1) is 19.3. The topological polar surface area (TPSA) is 105 Å². The number of anilines is 1. The lowest BCUT2D eigenvalue weighted by molar-refractivity contribution is -0.146. The van der Waals surface area contributed by atoms with Gasteiger partial charge in [0.1, 0.15) is 6.04 Å². The third kappa shape index (κ3) is 4.33. The first-order valence-corrected chi connectivity index (χ1v) is 9.39. The monoisotopic (exact) mass is 368 g/mol. The van der Waals surface area contributed by atoms with E-state index in [0.717, 1.165) is 12.8 Å². The van der Waals surface area contributed by atoms with Crippen molar-refractivity contribution in [3.8, 4) is 0 Å². The summed E-state index contributed by atoms with van der Waals surface area (Å²) in [7, 11) is 0. The van der Waals surface area contributed by atoms with Crippen molar-refractivity contribution in [2.45, 2.75) is 51.6 Å². The Morgan fingerprint density at radius 2 is 2.16 bits per heavy atom. The molecule has 9 heteroatoms. The second-order valence-electron chi connectivity index (χ2n) is 6.51. The second-order valence-corrected chi connectivity index (χ2v) is 7.51.